The molecule has 0 bridgehead atoms. The normalized spacial score (nSPS) is 15.9. The highest BCUT2D eigenvalue weighted by atomic mass is 32.2. The number of carbonyl (C=O) groups excluding carboxylic acids is 2. The van der Waals surface area contributed by atoms with Crippen molar-refractivity contribution in [2.75, 3.05) is 20.2 Å². The van der Waals surface area contributed by atoms with Gasteiger partial charge in [-0.1, -0.05) is 19.1 Å². The fourth-order valence-electron chi connectivity index (χ4n) is 3.53. The van der Waals surface area contributed by atoms with Crippen LogP contribution in [0.5, 0.6) is 0 Å². The van der Waals surface area contributed by atoms with E-state index in [1.165, 1.54) is 21.0 Å². The monoisotopic (exact) mass is 424 g/mol. The van der Waals surface area contributed by atoms with Gasteiger partial charge in [0.25, 0.3) is 5.91 Å². The largest absolute Gasteiger partial charge is 0.343 e. The molecule has 1 saturated heterocycles. The number of hydrogen-bond acceptors (Lipinski definition) is 5. The maximum absolute atomic E-state index is 12.8. The van der Waals surface area contributed by atoms with E-state index in [0.29, 0.717) is 12.3 Å². The zero-order valence-electron chi connectivity index (χ0n) is 17.7. The van der Waals surface area contributed by atoms with Gasteiger partial charge in [-0.05, 0) is 63.1 Å². The first kappa shape index (κ1) is 23.3. The molecule has 1 aliphatic rings. The predicted octanol–water partition coefficient (Wildman–Crippen LogP) is 2.50. The van der Waals surface area contributed by atoms with Crippen LogP contribution < -0.4 is 5.48 Å². The van der Waals surface area contributed by atoms with E-state index in [-0.39, 0.29) is 10.8 Å². The number of likely N-dealkylation sites (tertiary alicyclic amines) is 1. The first-order valence-corrected chi connectivity index (χ1v) is 11.6. The molecular weight excluding hydrogens is 392 g/mol. The Morgan fingerprint density at radius 1 is 1.17 bits per heavy atom. The van der Waals surface area contributed by atoms with E-state index in [0.717, 1.165) is 44.3 Å². The summed E-state index contributed by atoms with van der Waals surface area (Å²) in [6.45, 7) is 6.27. The second-order valence-corrected chi connectivity index (χ2v) is 10.5. The number of rotatable bonds is 8. The minimum absolute atomic E-state index is 0.115. The van der Waals surface area contributed by atoms with Gasteiger partial charge in [-0.25, -0.2) is 13.9 Å². The van der Waals surface area contributed by atoms with Crippen LogP contribution in [0, 0.1) is 5.92 Å². The van der Waals surface area contributed by atoms with Gasteiger partial charge in [-0.2, -0.15) is 0 Å². The number of carbonyl (C=O) groups is 2. The quantitative estimate of drug-likeness (QED) is 0.647. The number of amides is 2. The first-order chi connectivity index (χ1) is 13.6. The van der Waals surface area contributed by atoms with E-state index in [4.69, 9.17) is 0 Å². The lowest BCUT2D eigenvalue weighted by molar-refractivity contribution is -0.133. The van der Waals surface area contributed by atoms with Gasteiger partial charge in [-0.3, -0.25) is 14.4 Å². The van der Waals surface area contributed by atoms with Crippen LogP contribution >= 0.6 is 0 Å². The molecule has 1 aliphatic heterocycles. The van der Waals surface area contributed by atoms with Crippen LogP contribution in [0.1, 0.15) is 52.0 Å². The zero-order chi connectivity index (χ0) is 21.7. The molecule has 0 atom stereocenters. The average Bonchev–Trinajstić information content (AvgIpc) is 2.72. The number of hydrogen-bond donors (Lipinski definition) is 1. The van der Waals surface area contributed by atoms with E-state index in [1.54, 1.807) is 12.1 Å². The van der Waals surface area contributed by atoms with Crippen LogP contribution in [-0.4, -0.2) is 50.1 Å². The van der Waals surface area contributed by atoms with Crippen LogP contribution in [0.3, 0.4) is 0 Å². The molecule has 8 heteroatoms. The Morgan fingerprint density at radius 2 is 1.76 bits per heavy atom. The van der Waals surface area contributed by atoms with Crippen LogP contribution in [-0.2, 0) is 30.7 Å². The molecule has 7 nitrogen and oxygen atoms in total. The lowest BCUT2D eigenvalue weighted by atomic mass is 9.90. The number of benzene rings is 1. The Labute approximate surface area is 173 Å². The van der Waals surface area contributed by atoms with Gasteiger partial charge in [0.1, 0.15) is 0 Å². The van der Waals surface area contributed by atoms with Crippen molar-refractivity contribution in [1.82, 2.24) is 10.4 Å². The number of sulfone groups is 1. The Bertz CT molecular complexity index is 810. The summed E-state index contributed by atoms with van der Waals surface area (Å²) < 4.78 is 24.1. The van der Waals surface area contributed by atoms with Gasteiger partial charge >= 0.3 is 0 Å². The molecule has 0 radical (unpaired) electrons. The highest BCUT2D eigenvalue weighted by Crippen LogP contribution is 2.27. The lowest BCUT2D eigenvalue weighted by Gasteiger charge is -2.32. The first-order valence-electron chi connectivity index (χ1n) is 10.1. The summed E-state index contributed by atoms with van der Waals surface area (Å²) in [5, 5.41) is 0. The van der Waals surface area contributed by atoms with Gasteiger partial charge in [0, 0.05) is 19.5 Å². The Balaban J connectivity index is 1.95. The van der Waals surface area contributed by atoms with E-state index in [9.17, 15) is 18.0 Å². The smallest absolute Gasteiger partial charge is 0.264 e. The average molecular weight is 425 g/mol. The fourth-order valence-corrected chi connectivity index (χ4v) is 4.90. The van der Waals surface area contributed by atoms with Gasteiger partial charge in [-0.15, -0.1) is 0 Å². The molecular formula is C21H32N2O5S. The van der Waals surface area contributed by atoms with Crippen molar-refractivity contribution in [3.8, 4) is 0 Å². The second kappa shape index (κ2) is 9.71. The van der Waals surface area contributed by atoms with Crippen molar-refractivity contribution in [1.29, 1.82) is 0 Å². The topological polar surface area (TPSA) is 92.8 Å². The third kappa shape index (κ3) is 5.36. The van der Waals surface area contributed by atoms with Crippen molar-refractivity contribution < 1.29 is 22.8 Å². The summed E-state index contributed by atoms with van der Waals surface area (Å²) in [6, 6.07) is 6.75. The molecule has 1 aromatic carbocycles. The van der Waals surface area contributed by atoms with Crippen molar-refractivity contribution in [2.45, 2.75) is 62.5 Å². The maximum Gasteiger partial charge on any atom is 0.264 e. The highest BCUT2D eigenvalue weighted by Gasteiger charge is 2.43. The third-order valence-electron chi connectivity index (χ3n) is 5.76. The molecule has 1 heterocycles. The Morgan fingerprint density at radius 3 is 2.28 bits per heavy atom. The van der Waals surface area contributed by atoms with E-state index in [2.05, 4.69) is 10.3 Å². The number of aryl methyl sites for hydroxylation is 1. The summed E-state index contributed by atoms with van der Waals surface area (Å²) in [7, 11) is -2.59. The van der Waals surface area contributed by atoms with Gasteiger partial charge in [0.05, 0.1) is 12.0 Å². The summed E-state index contributed by atoms with van der Waals surface area (Å²) in [5.74, 6) is 0.0929. The molecule has 1 N–H and O–H groups in total. The molecule has 162 valence electrons. The minimum Gasteiger partial charge on any atom is -0.343 e. The van der Waals surface area contributed by atoms with E-state index < -0.39 is 20.5 Å². The standard InChI is InChI=1S/C21H32N2O5S/c1-5-19(24)23-14-12-17(13-15-23)7-6-16-8-10-18(11-9-16)29(26,27)21(2,3)20(25)22-28-4/h8-11,17H,5-7,12-15H2,1-4H3,(H,22,25). The summed E-state index contributed by atoms with van der Waals surface area (Å²) in [6.07, 6.45) is 4.47. The van der Waals surface area contributed by atoms with Gasteiger partial charge < -0.3 is 4.90 Å². The predicted molar refractivity (Wildman–Crippen MR) is 111 cm³/mol. The van der Waals surface area contributed by atoms with Crippen LogP contribution in [0.15, 0.2) is 29.2 Å². The molecule has 0 saturated carbocycles. The number of hydroxylamine groups is 1. The van der Waals surface area contributed by atoms with Crippen LogP contribution in [0.2, 0.25) is 0 Å². The van der Waals surface area contributed by atoms with Crippen LogP contribution in [0.25, 0.3) is 0 Å². The van der Waals surface area contributed by atoms with E-state index >= 15 is 0 Å². The molecule has 29 heavy (non-hydrogen) atoms. The number of piperidine rings is 1. The Kier molecular flexibility index (Phi) is 7.82. The zero-order valence-corrected chi connectivity index (χ0v) is 18.5. The summed E-state index contributed by atoms with van der Waals surface area (Å²) in [4.78, 5) is 30.5. The van der Waals surface area contributed by atoms with E-state index in [1.807, 2.05) is 24.0 Å². The summed E-state index contributed by atoms with van der Waals surface area (Å²) >= 11 is 0. The van der Waals surface area contributed by atoms with Crippen molar-refractivity contribution in [3.63, 3.8) is 0 Å². The second-order valence-electron chi connectivity index (χ2n) is 8.01. The SMILES string of the molecule is CCC(=O)N1CCC(CCc2ccc(S(=O)(=O)C(C)(C)C(=O)NOC)cc2)CC1. The molecule has 0 aromatic heterocycles. The fraction of sp³-hybridized carbons (Fsp3) is 0.619. The van der Waals surface area contributed by atoms with Gasteiger partial charge in [0.15, 0.2) is 14.6 Å². The highest BCUT2D eigenvalue weighted by molar-refractivity contribution is 7.93. The van der Waals surface area contributed by atoms with Crippen molar-refractivity contribution in [3.05, 3.63) is 29.8 Å². The number of nitrogens with zero attached hydrogens (tertiary/aromatic N) is 1. The number of nitrogens with one attached hydrogen (secondary N) is 1. The molecule has 1 aromatic rings. The van der Waals surface area contributed by atoms with Crippen molar-refractivity contribution in [2.24, 2.45) is 5.92 Å². The maximum atomic E-state index is 12.8. The molecule has 2 rings (SSSR count). The third-order valence-corrected chi connectivity index (χ3v) is 8.18. The summed E-state index contributed by atoms with van der Waals surface area (Å²) in [5.41, 5.74) is 3.17. The molecule has 0 aliphatic carbocycles. The molecule has 2 amide bonds. The minimum atomic E-state index is -3.86. The van der Waals surface area contributed by atoms with Crippen molar-refractivity contribution >= 4 is 21.7 Å². The Hall–Kier alpha value is -1.93. The van der Waals surface area contributed by atoms with Gasteiger partial charge in [0.2, 0.25) is 5.91 Å². The molecule has 0 spiro atoms. The van der Waals surface area contributed by atoms with Crippen LogP contribution in [0.4, 0.5) is 0 Å². The lowest BCUT2D eigenvalue weighted by Crippen LogP contribution is -2.47. The molecule has 0 unspecified atom stereocenters. The molecule has 1 fully saturated rings.